The number of thiophene rings is 1. The van der Waals surface area contributed by atoms with Gasteiger partial charge in [-0.15, -0.1) is 21.5 Å². The summed E-state index contributed by atoms with van der Waals surface area (Å²) in [6.45, 7) is 4.33. The van der Waals surface area contributed by atoms with Gasteiger partial charge < -0.3 is 9.88 Å². The molecule has 1 N–H and O–H groups in total. The largest absolute Gasteiger partial charge is 0.324 e. The molecule has 142 valence electrons. The van der Waals surface area contributed by atoms with Crippen LogP contribution in [0.5, 0.6) is 0 Å². The summed E-state index contributed by atoms with van der Waals surface area (Å²) in [5.41, 5.74) is 1.58. The van der Waals surface area contributed by atoms with Crippen molar-refractivity contribution >= 4 is 57.9 Å². The zero-order valence-corrected chi connectivity index (χ0v) is 18.1. The Morgan fingerprint density at radius 1 is 1.30 bits per heavy atom. The summed E-state index contributed by atoms with van der Waals surface area (Å²) in [7, 11) is 1.90. The van der Waals surface area contributed by atoms with E-state index in [1.807, 2.05) is 11.6 Å². The summed E-state index contributed by atoms with van der Waals surface area (Å²) in [5, 5.41) is 15.0. The summed E-state index contributed by atoms with van der Waals surface area (Å²) in [4.78, 5) is 13.5. The predicted molar refractivity (Wildman–Crippen MR) is 114 cm³/mol. The number of hydrogen-bond acceptors (Lipinski definition) is 5. The molecule has 0 aliphatic carbocycles. The lowest BCUT2D eigenvalue weighted by molar-refractivity contribution is -0.113. The van der Waals surface area contributed by atoms with Crippen molar-refractivity contribution in [2.24, 2.45) is 7.05 Å². The average Bonchev–Trinajstić information content (AvgIpc) is 3.22. The summed E-state index contributed by atoms with van der Waals surface area (Å²) in [6, 6.07) is 7.09. The number of anilines is 1. The van der Waals surface area contributed by atoms with Crippen molar-refractivity contribution < 1.29 is 4.79 Å². The number of benzene rings is 1. The molecule has 0 atom stereocenters. The number of carbonyl (C=O) groups excluding carboxylic acids is 1. The molecule has 5 nitrogen and oxygen atoms in total. The van der Waals surface area contributed by atoms with Gasteiger partial charge in [-0.2, -0.15) is 0 Å². The molecule has 0 saturated carbocycles. The van der Waals surface area contributed by atoms with Gasteiger partial charge in [0.05, 0.1) is 16.5 Å². The van der Waals surface area contributed by atoms with Gasteiger partial charge in [0.2, 0.25) is 5.91 Å². The molecule has 0 aliphatic rings. The van der Waals surface area contributed by atoms with E-state index < -0.39 is 0 Å². The van der Waals surface area contributed by atoms with E-state index >= 15 is 0 Å². The van der Waals surface area contributed by atoms with Crippen LogP contribution < -0.4 is 5.32 Å². The normalized spacial score (nSPS) is 11.2. The minimum Gasteiger partial charge on any atom is -0.324 e. The molecule has 2 aromatic heterocycles. The first kappa shape index (κ1) is 20.2. The highest BCUT2D eigenvalue weighted by molar-refractivity contribution is 7.99. The minimum absolute atomic E-state index is 0.175. The van der Waals surface area contributed by atoms with E-state index in [0.717, 1.165) is 11.4 Å². The number of rotatable bonds is 6. The number of aromatic nitrogens is 3. The molecule has 0 radical (unpaired) electrons. The average molecular weight is 441 g/mol. The van der Waals surface area contributed by atoms with Crippen LogP contribution in [0.3, 0.4) is 0 Å². The molecular formula is C18H18Cl2N4OS2. The highest BCUT2D eigenvalue weighted by Gasteiger charge is 2.15. The fraction of sp³-hybridized carbons (Fsp3) is 0.278. The first-order valence-corrected chi connectivity index (χ1v) is 10.8. The van der Waals surface area contributed by atoms with E-state index in [0.29, 0.717) is 26.8 Å². The molecule has 0 bridgehead atoms. The van der Waals surface area contributed by atoms with E-state index in [1.54, 1.807) is 29.5 Å². The zero-order valence-electron chi connectivity index (χ0n) is 15.0. The Bertz CT molecular complexity index is 968. The molecule has 0 spiro atoms. The molecular weight excluding hydrogens is 423 g/mol. The molecule has 1 aromatic carbocycles. The Morgan fingerprint density at radius 2 is 2.07 bits per heavy atom. The molecule has 9 heteroatoms. The van der Waals surface area contributed by atoms with Crippen molar-refractivity contribution in [2.45, 2.75) is 24.9 Å². The Labute approximate surface area is 176 Å². The smallest absolute Gasteiger partial charge is 0.234 e. The number of hydrogen-bond donors (Lipinski definition) is 1. The molecule has 27 heavy (non-hydrogen) atoms. The second-order valence-electron chi connectivity index (χ2n) is 6.22. The Balaban J connectivity index is 1.64. The highest BCUT2D eigenvalue weighted by atomic mass is 35.5. The van der Waals surface area contributed by atoms with E-state index in [2.05, 4.69) is 40.8 Å². The predicted octanol–water partition coefficient (Wildman–Crippen LogP) is 5.70. The van der Waals surface area contributed by atoms with E-state index in [1.165, 1.54) is 16.6 Å². The Kier molecular flexibility index (Phi) is 6.47. The number of carbonyl (C=O) groups is 1. The standard InChI is InChI=1S/C18H18Cl2N4OS2/c1-10(2)15-6-11(8-26-15)17-22-23-18(24(17)3)27-9-16(25)21-14-5-4-12(19)7-13(14)20/h4-8,10H,9H2,1-3H3,(H,21,25). The van der Waals surface area contributed by atoms with Crippen LogP contribution in [0, 0.1) is 0 Å². The van der Waals surface area contributed by atoms with Gasteiger partial charge in [0.25, 0.3) is 0 Å². The summed E-state index contributed by atoms with van der Waals surface area (Å²) in [5.74, 6) is 1.30. The topological polar surface area (TPSA) is 59.8 Å². The van der Waals surface area contributed by atoms with E-state index in [9.17, 15) is 4.79 Å². The van der Waals surface area contributed by atoms with Crippen molar-refractivity contribution in [1.29, 1.82) is 0 Å². The van der Waals surface area contributed by atoms with Crippen molar-refractivity contribution in [3.63, 3.8) is 0 Å². The molecule has 2 heterocycles. The maximum Gasteiger partial charge on any atom is 0.234 e. The zero-order chi connectivity index (χ0) is 19.6. The van der Waals surface area contributed by atoms with Crippen LogP contribution in [0.4, 0.5) is 5.69 Å². The summed E-state index contributed by atoms with van der Waals surface area (Å²) < 4.78 is 1.90. The van der Waals surface area contributed by atoms with Crippen molar-refractivity contribution in [2.75, 3.05) is 11.1 Å². The van der Waals surface area contributed by atoms with Crippen LogP contribution >= 0.6 is 46.3 Å². The SMILES string of the molecule is CC(C)c1cc(-c2nnc(SCC(=O)Nc3ccc(Cl)cc3Cl)n2C)cs1. The number of amides is 1. The van der Waals surface area contributed by atoms with Crippen molar-refractivity contribution in [1.82, 2.24) is 14.8 Å². The fourth-order valence-electron chi connectivity index (χ4n) is 2.37. The van der Waals surface area contributed by atoms with Crippen LogP contribution in [0.25, 0.3) is 11.4 Å². The Hall–Kier alpha value is -1.54. The van der Waals surface area contributed by atoms with Crippen LogP contribution in [-0.2, 0) is 11.8 Å². The molecule has 1 amide bonds. The number of nitrogens with zero attached hydrogens (tertiary/aromatic N) is 3. The number of thioether (sulfide) groups is 1. The molecule has 0 unspecified atom stereocenters. The lowest BCUT2D eigenvalue weighted by atomic mass is 10.1. The fourth-order valence-corrected chi connectivity index (χ4v) is 4.44. The highest BCUT2D eigenvalue weighted by Crippen LogP contribution is 2.30. The van der Waals surface area contributed by atoms with Gasteiger partial charge in [0, 0.05) is 27.9 Å². The van der Waals surface area contributed by atoms with Gasteiger partial charge in [-0.3, -0.25) is 4.79 Å². The maximum atomic E-state index is 12.2. The van der Waals surface area contributed by atoms with Gasteiger partial charge in [0.1, 0.15) is 0 Å². The van der Waals surface area contributed by atoms with Gasteiger partial charge in [0.15, 0.2) is 11.0 Å². The number of halogens is 2. The van der Waals surface area contributed by atoms with Crippen LogP contribution in [0.2, 0.25) is 10.0 Å². The maximum absolute atomic E-state index is 12.2. The second-order valence-corrected chi connectivity index (χ2v) is 8.95. The van der Waals surface area contributed by atoms with Crippen molar-refractivity contribution in [3.05, 3.63) is 44.6 Å². The lowest BCUT2D eigenvalue weighted by Crippen LogP contribution is -2.14. The molecule has 0 aliphatic heterocycles. The van der Waals surface area contributed by atoms with Gasteiger partial charge in [-0.1, -0.05) is 48.8 Å². The van der Waals surface area contributed by atoms with Crippen LogP contribution in [-0.4, -0.2) is 26.4 Å². The summed E-state index contributed by atoms with van der Waals surface area (Å²) in [6.07, 6.45) is 0. The molecule has 3 rings (SSSR count). The van der Waals surface area contributed by atoms with E-state index in [4.69, 9.17) is 23.2 Å². The van der Waals surface area contributed by atoms with Gasteiger partial charge in [-0.05, 0) is 30.2 Å². The van der Waals surface area contributed by atoms with E-state index in [-0.39, 0.29) is 11.7 Å². The third-order valence-electron chi connectivity index (χ3n) is 3.82. The summed E-state index contributed by atoms with van der Waals surface area (Å²) >= 11 is 15.0. The van der Waals surface area contributed by atoms with Gasteiger partial charge in [-0.25, -0.2) is 0 Å². The van der Waals surface area contributed by atoms with Crippen molar-refractivity contribution in [3.8, 4) is 11.4 Å². The molecule has 0 saturated heterocycles. The first-order chi connectivity index (χ1) is 12.8. The quantitative estimate of drug-likeness (QED) is 0.498. The number of nitrogens with one attached hydrogen (secondary N) is 1. The third-order valence-corrected chi connectivity index (χ3v) is 6.62. The monoisotopic (exact) mass is 440 g/mol. The van der Waals surface area contributed by atoms with Gasteiger partial charge >= 0.3 is 0 Å². The second kappa shape index (κ2) is 8.65. The molecule has 3 aromatic rings. The molecule has 0 fully saturated rings. The van der Waals surface area contributed by atoms with Crippen LogP contribution in [0.1, 0.15) is 24.6 Å². The minimum atomic E-state index is -0.175. The Morgan fingerprint density at radius 3 is 2.74 bits per heavy atom. The third kappa shape index (κ3) is 4.85. The van der Waals surface area contributed by atoms with Crippen LogP contribution in [0.15, 0.2) is 34.8 Å². The first-order valence-electron chi connectivity index (χ1n) is 8.21. The lowest BCUT2D eigenvalue weighted by Gasteiger charge is -2.07.